The number of thiol groups is 1. The van der Waals surface area contributed by atoms with Gasteiger partial charge in [0.2, 0.25) is 6.79 Å². The summed E-state index contributed by atoms with van der Waals surface area (Å²) in [5, 5.41) is -0.722. The Morgan fingerprint density at radius 1 is 1.14 bits per heavy atom. The highest BCUT2D eigenvalue weighted by Crippen LogP contribution is 2.30. The van der Waals surface area contributed by atoms with E-state index < -0.39 is 28.7 Å². The van der Waals surface area contributed by atoms with Crippen molar-refractivity contribution >= 4 is 47.2 Å². The fraction of sp³-hybridized carbons (Fsp3) is 0.692. The van der Waals surface area contributed by atoms with Crippen LogP contribution in [0.5, 0.6) is 0 Å². The molecule has 0 aliphatic rings. The van der Waals surface area contributed by atoms with E-state index in [4.69, 9.17) is 0 Å². The van der Waals surface area contributed by atoms with Crippen molar-refractivity contribution in [3.05, 3.63) is 0 Å². The van der Waals surface area contributed by atoms with Crippen LogP contribution in [0.2, 0.25) is 0 Å². The first-order chi connectivity index (χ1) is 9.60. The van der Waals surface area contributed by atoms with E-state index in [-0.39, 0.29) is 23.7 Å². The summed E-state index contributed by atoms with van der Waals surface area (Å²) in [4.78, 5) is 45.5. The number of esters is 1. The van der Waals surface area contributed by atoms with Gasteiger partial charge in [-0.25, -0.2) is 4.79 Å². The van der Waals surface area contributed by atoms with Crippen molar-refractivity contribution in [2.75, 3.05) is 12.5 Å². The van der Waals surface area contributed by atoms with Gasteiger partial charge in [0.1, 0.15) is 11.6 Å². The number of thioether (sulfide) groups is 1. The molecule has 0 rings (SSSR count). The highest BCUT2D eigenvalue weighted by atomic mass is 32.2. The highest BCUT2D eigenvalue weighted by Gasteiger charge is 2.34. The number of ketones is 2. The standard InChI is InChI=1S/C13H20O6S2/c1-8(14)10(6-20)5-11(16)13(3,4)21-12(17)19-7-18-9(2)15/h10,20H,5-7H2,1-4H3/t10-/m0/s1. The van der Waals surface area contributed by atoms with Crippen LogP contribution in [0.4, 0.5) is 4.79 Å². The SMILES string of the molecule is CC(=O)OCOC(=O)SC(C)(C)C(=O)C[C@@H](CS)C(C)=O. The molecular weight excluding hydrogens is 316 g/mol. The Kier molecular flexibility index (Phi) is 8.65. The molecule has 0 aromatic carbocycles. The number of ether oxygens (including phenoxy) is 2. The molecule has 0 aliphatic heterocycles. The second kappa shape index (κ2) is 9.09. The number of Topliss-reactive ketones (excluding diaryl/α,β-unsaturated/α-hetero) is 2. The molecule has 0 aliphatic carbocycles. The third kappa shape index (κ3) is 8.11. The number of hydrogen-bond donors (Lipinski definition) is 1. The molecule has 0 heterocycles. The largest absolute Gasteiger partial charge is 0.428 e. The number of carbonyl (C=O) groups excluding carboxylic acids is 4. The molecule has 0 saturated heterocycles. The summed E-state index contributed by atoms with van der Waals surface area (Å²) >= 11 is 4.73. The molecule has 0 spiro atoms. The van der Waals surface area contributed by atoms with Gasteiger partial charge >= 0.3 is 11.3 Å². The zero-order chi connectivity index (χ0) is 16.6. The van der Waals surface area contributed by atoms with E-state index in [1.807, 2.05) is 0 Å². The quantitative estimate of drug-likeness (QED) is 0.413. The average Bonchev–Trinajstić information content (AvgIpc) is 2.33. The fourth-order valence-electron chi connectivity index (χ4n) is 1.26. The number of carbonyl (C=O) groups is 4. The molecule has 0 aromatic rings. The third-order valence-corrected chi connectivity index (χ3v) is 4.14. The van der Waals surface area contributed by atoms with Crippen LogP contribution in [-0.2, 0) is 23.9 Å². The molecule has 1 atom stereocenters. The first-order valence-corrected chi connectivity index (χ1v) is 7.68. The molecule has 0 radical (unpaired) electrons. The van der Waals surface area contributed by atoms with Gasteiger partial charge in [-0.1, -0.05) is 0 Å². The Morgan fingerprint density at radius 2 is 1.71 bits per heavy atom. The van der Waals surface area contributed by atoms with Gasteiger partial charge in [-0.05, 0) is 32.5 Å². The number of hydrogen-bond acceptors (Lipinski definition) is 8. The monoisotopic (exact) mass is 336 g/mol. The average molecular weight is 336 g/mol. The fourth-order valence-corrected chi connectivity index (χ4v) is 2.37. The molecule has 8 heteroatoms. The topological polar surface area (TPSA) is 86.7 Å². The third-order valence-electron chi connectivity index (χ3n) is 2.68. The molecule has 0 aromatic heterocycles. The second-order valence-corrected chi connectivity index (χ2v) is 6.80. The molecule has 21 heavy (non-hydrogen) atoms. The summed E-state index contributed by atoms with van der Waals surface area (Å²) < 4.78 is 8.09. The van der Waals surface area contributed by atoms with E-state index in [9.17, 15) is 19.2 Å². The van der Waals surface area contributed by atoms with Gasteiger partial charge in [-0.15, -0.1) is 0 Å². The normalized spacial score (nSPS) is 12.4. The van der Waals surface area contributed by atoms with Crippen molar-refractivity contribution in [1.82, 2.24) is 0 Å². The van der Waals surface area contributed by atoms with Crippen LogP contribution in [0.1, 0.15) is 34.1 Å². The molecule has 0 N–H and O–H groups in total. The van der Waals surface area contributed by atoms with Crippen molar-refractivity contribution < 1.29 is 28.7 Å². The maximum absolute atomic E-state index is 12.2. The summed E-state index contributed by atoms with van der Waals surface area (Å²) in [7, 11) is 0. The Morgan fingerprint density at radius 3 is 2.14 bits per heavy atom. The van der Waals surface area contributed by atoms with Crippen molar-refractivity contribution in [2.24, 2.45) is 5.92 Å². The first-order valence-electron chi connectivity index (χ1n) is 6.24. The van der Waals surface area contributed by atoms with Gasteiger partial charge in [0, 0.05) is 25.0 Å². The molecule has 0 bridgehead atoms. The van der Waals surface area contributed by atoms with Gasteiger partial charge in [0.05, 0.1) is 4.75 Å². The lowest BCUT2D eigenvalue weighted by Crippen LogP contribution is -2.33. The predicted molar refractivity (Wildman–Crippen MR) is 82.4 cm³/mol. The summed E-state index contributed by atoms with van der Waals surface area (Å²) in [6, 6.07) is 0. The van der Waals surface area contributed by atoms with Gasteiger partial charge in [-0.2, -0.15) is 12.6 Å². The molecule has 0 unspecified atom stereocenters. The Bertz CT molecular complexity index is 419. The Hall–Kier alpha value is -1.02. The summed E-state index contributed by atoms with van der Waals surface area (Å²) in [5.41, 5.74) is 0. The van der Waals surface area contributed by atoms with Crippen LogP contribution in [0.3, 0.4) is 0 Å². The molecular formula is C13H20O6S2. The van der Waals surface area contributed by atoms with E-state index in [0.29, 0.717) is 11.8 Å². The zero-order valence-electron chi connectivity index (χ0n) is 12.5. The molecule has 120 valence electrons. The second-order valence-electron chi connectivity index (χ2n) is 4.88. The molecule has 0 saturated carbocycles. The Labute approximate surface area is 133 Å². The lowest BCUT2D eigenvalue weighted by molar-refractivity contribution is -0.148. The number of rotatable bonds is 8. The van der Waals surface area contributed by atoms with Crippen LogP contribution < -0.4 is 0 Å². The van der Waals surface area contributed by atoms with Crippen molar-refractivity contribution in [2.45, 2.75) is 38.9 Å². The summed E-state index contributed by atoms with van der Waals surface area (Å²) in [6.07, 6.45) is 0.0239. The minimum absolute atomic E-state index is 0.0239. The van der Waals surface area contributed by atoms with Gasteiger partial charge in [-0.3, -0.25) is 14.4 Å². The van der Waals surface area contributed by atoms with E-state index in [0.717, 1.165) is 0 Å². The van der Waals surface area contributed by atoms with Crippen LogP contribution in [0.15, 0.2) is 0 Å². The molecule has 6 nitrogen and oxygen atoms in total. The minimum Gasteiger partial charge on any atom is -0.428 e. The zero-order valence-corrected chi connectivity index (χ0v) is 14.2. The van der Waals surface area contributed by atoms with Gasteiger partial charge in [0.25, 0.3) is 0 Å². The van der Waals surface area contributed by atoms with E-state index in [2.05, 4.69) is 22.1 Å². The summed E-state index contributed by atoms with van der Waals surface area (Å²) in [6.45, 7) is 5.25. The lowest BCUT2D eigenvalue weighted by Gasteiger charge is -2.22. The maximum atomic E-state index is 12.2. The highest BCUT2D eigenvalue weighted by molar-refractivity contribution is 8.15. The van der Waals surface area contributed by atoms with E-state index in [1.54, 1.807) is 13.8 Å². The van der Waals surface area contributed by atoms with Gasteiger partial charge < -0.3 is 9.47 Å². The van der Waals surface area contributed by atoms with E-state index >= 15 is 0 Å². The van der Waals surface area contributed by atoms with Gasteiger partial charge in [0.15, 0.2) is 0 Å². The van der Waals surface area contributed by atoms with Crippen LogP contribution >= 0.6 is 24.4 Å². The van der Waals surface area contributed by atoms with Crippen molar-refractivity contribution in [1.29, 1.82) is 0 Å². The Balaban J connectivity index is 4.45. The summed E-state index contributed by atoms with van der Waals surface area (Å²) in [5.74, 6) is -1.11. The first kappa shape index (κ1) is 20.0. The molecule has 0 fully saturated rings. The van der Waals surface area contributed by atoms with Crippen molar-refractivity contribution in [3.63, 3.8) is 0 Å². The van der Waals surface area contributed by atoms with Crippen LogP contribution in [0.25, 0.3) is 0 Å². The smallest absolute Gasteiger partial charge is 0.371 e. The molecule has 0 amide bonds. The minimum atomic E-state index is -1.04. The van der Waals surface area contributed by atoms with Crippen LogP contribution in [-0.4, -0.2) is 40.1 Å². The van der Waals surface area contributed by atoms with Crippen molar-refractivity contribution in [3.8, 4) is 0 Å². The lowest BCUT2D eigenvalue weighted by atomic mass is 9.94. The van der Waals surface area contributed by atoms with Crippen LogP contribution in [0, 0.1) is 5.92 Å². The van der Waals surface area contributed by atoms with E-state index in [1.165, 1.54) is 13.8 Å². The predicted octanol–water partition coefficient (Wildman–Crippen LogP) is 2.25. The maximum Gasteiger partial charge on any atom is 0.371 e.